The molecule has 0 fully saturated rings. The van der Waals surface area contributed by atoms with Gasteiger partial charge in [0, 0.05) is 11.7 Å². The number of nitrogens with one attached hydrogen (secondary N) is 1. The van der Waals surface area contributed by atoms with Gasteiger partial charge in [-0.3, -0.25) is 0 Å². The van der Waals surface area contributed by atoms with Crippen molar-refractivity contribution in [1.82, 2.24) is 0 Å². The highest BCUT2D eigenvalue weighted by molar-refractivity contribution is 5.83. The first-order valence-electron chi connectivity index (χ1n) is 6.77. The molecule has 100 valence electrons. The minimum Gasteiger partial charge on any atom is -0.508 e. The van der Waals surface area contributed by atoms with Crippen LogP contribution in [0.25, 0.3) is 10.8 Å². The van der Waals surface area contributed by atoms with Gasteiger partial charge in [-0.1, -0.05) is 36.4 Å². The van der Waals surface area contributed by atoms with E-state index in [1.165, 1.54) is 16.3 Å². The molecule has 2 N–H and O–H groups in total. The second-order valence-electron chi connectivity index (χ2n) is 5.02. The van der Waals surface area contributed by atoms with Gasteiger partial charge in [0.1, 0.15) is 5.75 Å². The topological polar surface area (TPSA) is 32.3 Å². The predicted octanol–water partition coefficient (Wildman–Crippen LogP) is 4.72. The maximum absolute atomic E-state index is 9.30. The van der Waals surface area contributed by atoms with Crippen LogP contribution in [-0.4, -0.2) is 5.11 Å². The first-order chi connectivity index (χ1) is 9.72. The van der Waals surface area contributed by atoms with E-state index in [9.17, 15) is 5.11 Å². The molecule has 1 unspecified atom stereocenters. The van der Waals surface area contributed by atoms with Crippen LogP contribution in [0.5, 0.6) is 5.75 Å². The molecule has 0 aromatic heterocycles. The number of aromatic hydroxyl groups is 1. The largest absolute Gasteiger partial charge is 0.508 e. The maximum Gasteiger partial charge on any atom is 0.115 e. The van der Waals surface area contributed by atoms with Crippen molar-refractivity contribution >= 4 is 16.5 Å². The van der Waals surface area contributed by atoms with Crippen molar-refractivity contribution in [2.75, 3.05) is 5.32 Å². The van der Waals surface area contributed by atoms with Gasteiger partial charge >= 0.3 is 0 Å². The van der Waals surface area contributed by atoms with E-state index in [0.717, 1.165) is 5.69 Å². The average molecular weight is 263 g/mol. The van der Waals surface area contributed by atoms with Gasteiger partial charge in [0.25, 0.3) is 0 Å². The molecular weight excluding hydrogens is 246 g/mol. The summed E-state index contributed by atoms with van der Waals surface area (Å²) in [6, 6.07) is 22.2. The lowest BCUT2D eigenvalue weighted by Gasteiger charge is -2.16. The van der Waals surface area contributed by atoms with Crippen molar-refractivity contribution in [3.63, 3.8) is 0 Å². The standard InChI is InChI=1S/C18H17NO/c1-13(19-17-8-10-18(20)11-9-17)15-7-6-14-4-2-3-5-16(14)12-15/h2-13,19-20H,1H3. The highest BCUT2D eigenvalue weighted by Gasteiger charge is 2.06. The highest BCUT2D eigenvalue weighted by atomic mass is 16.3. The Morgan fingerprint density at radius 1 is 0.850 bits per heavy atom. The molecule has 0 spiro atoms. The highest BCUT2D eigenvalue weighted by Crippen LogP contribution is 2.24. The SMILES string of the molecule is CC(Nc1ccc(O)cc1)c1ccc2ccccc2c1. The van der Waals surface area contributed by atoms with Crippen molar-refractivity contribution in [1.29, 1.82) is 0 Å². The van der Waals surface area contributed by atoms with Crippen LogP contribution in [0, 0.1) is 0 Å². The number of phenols is 1. The van der Waals surface area contributed by atoms with Crippen LogP contribution in [0.4, 0.5) is 5.69 Å². The summed E-state index contributed by atoms with van der Waals surface area (Å²) >= 11 is 0. The zero-order valence-corrected chi connectivity index (χ0v) is 11.4. The Kier molecular flexibility index (Phi) is 3.30. The van der Waals surface area contributed by atoms with Gasteiger partial charge in [-0.25, -0.2) is 0 Å². The Morgan fingerprint density at radius 2 is 1.55 bits per heavy atom. The van der Waals surface area contributed by atoms with Gasteiger partial charge in [0.05, 0.1) is 0 Å². The molecule has 3 aromatic rings. The van der Waals surface area contributed by atoms with E-state index in [1.807, 2.05) is 12.1 Å². The monoisotopic (exact) mass is 263 g/mol. The zero-order chi connectivity index (χ0) is 13.9. The Balaban J connectivity index is 1.84. The Labute approximate surface area is 118 Å². The fourth-order valence-corrected chi connectivity index (χ4v) is 2.37. The molecule has 0 radical (unpaired) electrons. The van der Waals surface area contributed by atoms with Crippen LogP contribution in [0.3, 0.4) is 0 Å². The fourth-order valence-electron chi connectivity index (χ4n) is 2.37. The molecule has 0 aliphatic heterocycles. The van der Waals surface area contributed by atoms with E-state index >= 15 is 0 Å². The van der Waals surface area contributed by atoms with Gasteiger partial charge in [0.2, 0.25) is 0 Å². The summed E-state index contributed by atoms with van der Waals surface area (Å²) in [6.45, 7) is 2.14. The van der Waals surface area contributed by atoms with Crippen LogP contribution in [0.1, 0.15) is 18.5 Å². The van der Waals surface area contributed by atoms with E-state index in [2.05, 4.69) is 54.7 Å². The van der Waals surface area contributed by atoms with Crippen LogP contribution >= 0.6 is 0 Å². The number of anilines is 1. The quantitative estimate of drug-likeness (QED) is 0.670. The summed E-state index contributed by atoms with van der Waals surface area (Å²) in [6.07, 6.45) is 0. The number of fused-ring (bicyclic) bond motifs is 1. The molecule has 3 rings (SSSR count). The molecule has 0 heterocycles. The molecule has 3 aromatic carbocycles. The molecular formula is C18H17NO. The number of hydrogen-bond donors (Lipinski definition) is 2. The fraction of sp³-hybridized carbons (Fsp3) is 0.111. The summed E-state index contributed by atoms with van der Waals surface area (Å²) in [4.78, 5) is 0. The van der Waals surface area contributed by atoms with Crippen LogP contribution < -0.4 is 5.32 Å². The number of phenolic OH excluding ortho intramolecular Hbond substituents is 1. The van der Waals surface area contributed by atoms with Gasteiger partial charge in [-0.2, -0.15) is 0 Å². The van der Waals surface area contributed by atoms with E-state index in [1.54, 1.807) is 12.1 Å². The third-order valence-electron chi connectivity index (χ3n) is 3.52. The number of rotatable bonds is 3. The van der Waals surface area contributed by atoms with Gasteiger partial charge in [-0.15, -0.1) is 0 Å². The van der Waals surface area contributed by atoms with Crippen LogP contribution in [0.15, 0.2) is 66.7 Å². The average Bonchev–Trinajstić information content (AvgIpc) is 2.49. The molecule has 1 atom stereocenters. The third kappa shape index (κ3) is 2.59. The summed E-state index contributed by atoms with van der Waals surface area (Å²) in [5, 5.41) is 15.2. The van der Waals surface area contributed by atoms with Crippen molar-refractivity contribution in [2.45, 2.75) is 13.0 Å². The van der Waals surface area contributed by atoms with Crippen molar-refractivity contribution in [3.8, 4) is 5.75 Å². The Hall–Kier alpha value is -2.48. The normalized spacial score (nSPS) is 12.2. The molecule has 20 heavy (non-hydrogen) atoms. The predicted molar refractivity (Wildman–Crippen MR) is 84.1 cm³/mol. The minimum atomic E-state index is 0.212. The lowest BCUT2D eigenvalue weighted by Crippen LogP contribution is -2.06. The lowest BCUT2D eigenvalue weighted by molar-refractivity contribution is 0.475. The lowest BCUT2D eigenvalue weighted by atomic mass is 10.0. The first-order valence-corrected chi connectivity index (χ1v) is 6.77. The molecule has 2 nitrogen and oxygen atoms in total. The molecule has 0 saturated carbocycles. The second kappa shape index (κ2) is 5.25. The summed E-state index contributed by atoms with van der Waals surface area (Å²) in [5.41, 5.74) is 2.25. The Morgan fingerprint density at radius 3 is 2.30 bits per heavy atom. The maximum atomic E-state index is 9.30. The van der Waals surface area contributed by atoms with E-state index in [0.29, 0.717) is 0 Å². The summed E-state index contributed by atoms with van der Waals surface area (Å²) in [7, 11) is 0. The molecule has 0 aliphatic rings. The molecule has 0 aliphatic carbocycles. The molecule has 0 bridgehead atoms. The van der Waals surface area contributed by atoms with E-state index < -0.39 is 0 Å². The molecule has 2 heteroatoms. The summed E-state index contributed by atoms with van der Waals surface area (Å²) < 4.78 is 0. The van der Waals surface area contributed by atoms with Crippen molar-refractivity contribution in [2.24, 2.45) is 0 Å². The number of hydrogen-bond acceptors (Lipinski definition) is 2. The first kappa shape index (κ1) is 12.5. The minimum absolute atomic E-state index is 0.212. The molecule has 0 saturated heterocycles. The van der Waals surface area contributed by atoms with Crippen LogP contribution in [-0.2, 0) is 0 Å². The Bertz CT molecular complexity index is 719. The second-order valence-corrected chi connectivity index (χ2v) is 5.02. The van der Waals surface area contributed by atoms with Gasteiger partial charge in [0.15, 0.2) is 0 Å². The van der Waals surface area contributed by atoms with Crippen LogP contribution in [0.2, 0.25) is 0 Å². The van der Waals surface area contributed by atoms with Gasteiger partial charge < -0.3 is 10.4 Å². The van der Waals surface area contributed by atoms with Gasteiger partial charge in [-0.05, 0) is 53.6 Å². The van der Waals surface area contributed by atoms with E-state index in [4.69, 9.17) is 0 Å². The number of benzene rings is 3. The smallest absolute Gasteiger partial charge is 0.115 e. The van der Waals surface area contributed by atoms with E-state index in [-0.39, 0.29) is 11.8 Å². The zero-order valence-electron chi connectivity index (χ0n) is 11.4. The third-order valence-corrected chi connectivity index (χ3v) is 3.52. The van der Waals surface area contributed by atoms with Crippen molar-refractivity contribution in [3.05, 3.63) is 72.3 Å². The molecule has 0 amide bonds. The summed E-state index contributed by atoms with van der Waals surface area (Å²) in [5.74, 6) is 0.286. The van der Waals surface area contributed by atoms with Crippen molar-refractivity contribution < 1.29 is 5.11 Å².